The van der Waals surface area contributed by atoms with Crippen LogP contribution in [0.25, 0.3) is 0 Å². The molecule has 0 radical (unpaired) electrons. The van der Waals surface area contributed by atoms with E-state index in [1.165, 1.54) is 6.92 Å². The van der Waals surface area contributed by atoms with Gasteiger partial charge in [-0.25, -0.2) is 8.42 Å². The Bertz CT molecular complexity index is 791. The lowest BCUT2D eigenvalue weighted by Crippen LogP contribution is -2.68. The van der Waals surface area contributed by atoms with Gasteiger partial charge in [-0.3, -0.25) is 8.98 Å². The second kappa shape index (κ2) is 14.5. The molecule has 0 unspecified atom stereocenters. The van der Waals surface area contributed by atoms with Gasteiger partial charge in [0, 0.05) is 19.2 Å². The summed E-state index contributed by atoms with van der Waals surface area (Å²) < 4.78 is 60.6. The van der Waals surface area contributed by atoms with Crippen molar-refractivity contribution in [3.63, 3.8) is 0 Å². The number of ether oxygens (including phenoxy) is 4. The highest BCUT2D eigenvalue weighted by molar-refractivity contribution is 7.99. The van der Waals surface area contributed by atoms with E-state index in [1.54, 1.807) is 11.8 Å². The smallest absolute Gasteiger partial charge is 0.218 e. The Morgan fingerprint density at radius 2 is 1.81 bits per heavy atom. The summed E-state index contributed by atoms with van der Waals surface area (Å²) in [4.78, 5) is 11.8. The molecule has 0 spiro atoms. The Balaban J connectivity index is 2.20. The minimum Gasteiger partial charge on any atom is -0.726 e. The van der Waals surface area contributed by atoms with Crippen molar-refractivity contribution in [2.24, 2.45) is 5.73 Å². The molecule has 2 saturated heterocycles. The van der Waals surface area contributed by atoms with Gasteiger partial charge in [0.05, 0.1) is 19.3 Å². The first-order chi connectivity index (χ1) is 16.9. The Morgan fingerprint density at radius 1 is 1.11 bits per heavy atom. The fourth-order valence-electron chi connectivity index (χ4n) is 3.82. The summed E-state index contributed by atoms with van der Waals surface area (Å²) in [6.45, 7) is 2.51. The minimum absolute atomic E-state index is 0.222. The van der Waals surface area contributed by atoms with Gasteiger partial charge in [0.15, 0.2) is 12.6 Å². The maximum absolute atomic E-state index is 11.8. The molecule has 0 aromatic rings. The number of carbonyl (C=O) groups excluding carboxylic acids is 1. The van der Waals surface area contributed by atoms with Gasteiger partial charge >= 0.3 is 0 Å². The van der Waals surface area contributed by atoms with Crippen LogP contribution in [0.15, 0.2) is 0 Å². The quantitative estimate of drug-likeness (QED) is 0.0719. The molecule has 1 amide bonds. The molecule has 2 rings (SSSR count). The Hall–Kier alpha value is -0.670. The highest BCUT2D eigenvalue weighted by Gasteiger charge is 2.52. The largest absolute Gasteiger partial charge is 0.726 e. The van der Waals surface area contributed by atoms with E-state index in [4.69, 9.17) is 24.7 Å². The van der Waals surface area contributed by atoms with Crippen molar-refractivity contribution < 1.29 is 61.3 Å². The molecule has 17 heteroatoms. The first kappa shape index (κ1) is 31.5. The molecule has 0 aliphatic carbocycles. The van der Waals surface area contributed by atoms with E-state index in [9.17, 15) is 38.2 Å². The van der Waals surface area contributed by atoms with E-state index in [2.05, 4.69) is 9.50 Å². The molecule has 15 nitrogen and oxygen atoms in total. The zero-order valence-electron chi connectivity index (χ0n) is 19.9. The highest BCUT2D eigenvalue weighted by Crippen LogP contribution is 2.31. The number of aliphatic hydroxyl groups excluding tert-OH is 4. The molecule has 0 saturated carbocycles. The second-order valence-electron chi connectivity index (χ2n) is 8.33. The predicted octanol–water partition coefficient (Wildman–Crippen LogP) is -3.63. The number of thioether (sulfide) groups is 1. The SMILES string of the molecule is CC(=O)N[C@H]1[C@H](O[C@H]2[C@H](O)[C@H](OCCCSCCN)O[C@@H](C)[C@H]2O)O[C@H](CO)[C@@H](O)[C@@H]1OS(=O)(=O)[O-]. The third-order valence-electron chi connectivity index (χ3n) is 5.50. The number of aliphatic hydroxyl groups is 4. The van der Waals surface area contributed by atoms with Crippen LogP contribution >= 0.6 is 11.8 Å². The van der Waals surface area contributed by atoms with E-state index in [1.807, 2.05) is 0 Å². The average molecular weight is 564 g/mol. The zero-order chi connectivity index (χ0) is 27.0. The third kappa shape index (κ3) is 8.97. The number of hydrogen-bond acceptors (Lipinski definition) is 15. The van der Waals surface area contributed by atoms with Gasteiger partial charge in [-0.2, -0.15) is 11.8 Å². The summed E-state index contributed by atoms with van der Waals surface area (Å²) >= 11 is 1.64. The summed E-state index contributed by atoms with van der Waals surface area (Å²) in [5, 5.41) is 43.7. The van der Waals surface area contributed by atoms with Crippen LogP contribution in [-0.2, 0) is 38.3 Å². The predicted molar refractivity (Wildman–Crippen MR) is 122 cm³/mol. The van der Waals surface area contributed by atoms with Gasteiger partial charge in [-0.05, 0) is 19.1 Å². The van der Waals surface area contributed by atoms with Gasteiger partial charge in [0.25, 0.3) is 0 Å². The van der Waals surface area contributed by atoms with Crippen molar-refractivity contribution >= 4 is 28.1 Å². The van der Waals surface area contributed by atoms with Gasteiger partial charge in [0.2, 0.25) is 16.3 Å². The van der Waals surface area contributed by atoms with Crippen LogP contribution in [0.1, 0.15) is 20.3 Å². The fourth-order valence-corrected chi connectivity index (χ4v) is 5.02. The lowest BCUT2D eigenvalue weighted by Gasteiger charge is -2.47. The molecule has 7 N–H and O–H groups in total. The van der Waals surface area contributed by atoms with Gasteiger partial charge < -0.3 is 55.0 Å². The number of hydrogen-bond donors (Lipinski definition) is 6. The fraction of sp³-hybridized carbons (Fsp3) is 0.947. The van der Waals surface area contributed by atoms with E-state index >= 15 is 0 Å². The Morgan fingerprint density at radius 3 is 2.39 bits per heavy atom. The summed E-state index contributed by atoms with van der Waals surface area (Å²) in [5.41, 5.74) is 5.44. The van der Waals surface area contributed by atoms with Crippen LogP contribution in [0.2, 0.25) is 0 Å². The monoisotopic (exact) mass is 563 g/mol. The summed E-state index contributed by atoms with van der Waals surface area (Å²) in [7, 11) is -5.37. The van der Waals surface area contributed by atoms with E-state index < -0.39 is 84.3 Å². The van der Waals surface area contributed by atoms with Crippen molar-refractivity contribution in [3.05, 3.63) is 0 Å². The second-order valence-corrected chi connectivity index (χ2v) is 10.6. The molecule has 2 heterocycles. The normalized spacial score (nSPS) is 37.6. The summed E-state index contributed by atoms with van der Waals surface area (Å²) in [6.07, 6.45) is -12.8. The van der Waals surface area contributed by atoms with Crippen LogP contribution in [0, 0.1) is 0 Å². The lowest BCUT2D eigenvalue weighted by atomic mass is 9.95. The maximum Gasteiger partial charge on any atom is 0.218 e. The standard InChI is InChI=1S/C19H36N2O13S2/c1-9-13(24)17(15(26)19(31-9)30-5-3-6-35-7-4-20)33-18-12(21-10(2)23)16(34-36(27,28)29)14(25)11(8-22)32-18/h9,11-19,22,24-26H,3-8,20H2,1-2H3,(H,21,23)(H,27,28,29)/p-1/t9-,11+,12+,13+,14+,15-,16+,17+,18-,19+/m0/s1. The van der Waals surface area contributed by atoms with Crippen LogP contribution in [0.3, 0.4) is 0 Å². The topological polar surface area (TPSA) is 239 Å². The summed E-state index contributed by atoms with van der Waals surface area (Å²) in [5.74, 6) is 0.834. The first-order valence-electron chi connectivity index (χ1n) is 11.3. The zero-order valence-corrected chi connectivity index (χ0v) is 21.5. The van der Waals surface area contributed by atoms with Gasteiger partial charge in [-0.15, -0.1) is 0 Å². The van der Waals surface area contributed by atoms with Crippen LogP contribution in [0.4, 0.5) is 0 Å². The minimum atomic E-state index is -5.37. The molecule has 0 aromatic carbocycles. The molecule has 2 aliphatic heterocycles. The Kier molecular flexibility index (Phi) is 12.7. The molecule has 36 heavy (non-hydrogen) atoms. The van der Waals surface area contributed by atoms with Crippen molar-refractivity contribution in [1.82, 2.24) is 5.32 Å². The third-order valence-corrected chi connectivity index (χ3v) is 7.06. The van der Waals surface area contributed by atoms with Crippen LogP contribution < -0.4 is 11.1 Å². The Labute approximate surface area is 213 Å². The lowest BCUT2D eigenvalue weighted by molar-refractivity contribution is -0.342. The molecule has 2 fully saturated rings. The highest BCUT2D eigenvalue weighted by atomic mass is 32.3. The van der Waals surface area contributed by atoms with Crippen molar-refractivity contribution in [2.75, 3.05) is 31.3 Å². The van der Waals surface area contributed by atoms with Crippen molar-refractivity contribution in [2.45, 2.75) is 81.6 Å². The molecular weight excluding hydrogens is 528 g/mol. The average Bonchev–Trinajstić information content (AvgIpc) is 2.79. The van der Waals surface area contributed by atoms with Crippen LogP contribution in [-0.4, -0.2) is 132 Å². The first-order valence-corrected chi connectivity index (χ1v) is 13.8. The molecular formula is C19H35N2O13S2-. The number of amides is 1. The van der Waals surface area contributed by atoms with Crippen LogP contribution in [0.5, 0.6) is 0 Å². The van der Waals surface area contributed by atoms with Crippen molar-refractivity contribution in [3.8, 4) is 0 Å². The van der Waals surface area contributed by atoms with Crippen molar-refractivity contribution in [1.29, 1.82) is 0 Å². The van der Waals surface area contributed by atoms with E-state index in [-0.39, 0.29) is 6.61 Å². The van der Waals surface area contributed by atoms with E-state index in [0.717, 1.165) is 18.4 Å². The number of nitrogens with two attached hydrogens (primary N) is 1. The molecule has 0 bridgehead atoms. The van der Waals surface area contributed by atoms with Gasteiger partial charge in [-0.1, -0.05) is 0 Å². The van der Waals surface area contributed by atoms with Gasteiger partial charge in [0.1, 0.15) is 42.7 Å². The summed E-state index contributed by atoms with van der Waals surface area (Å²) in [6, 6.07) is -1.58. The maximum atomic E-state index is 11.8. The van der Waals surface area contributed by atoms with E-state index in [0.29, 0.717) is 13.0 Å². The number of carbonyl (C=O) groups is 1. The number of nitrogens with one attached hydrogen (secondary N) is 1. The molecule has 10 atom stereocenters. The molecule has 2 aliphatic rings. The number of rotatable bonds is 13. The molecule has 212 valence electrons. The molecule has 0 aromatic heterocycles.